The first-order chi connectivity index (χ1) is 17.4. The molecule has 2 N–H and O–H groups in total. The Hall–Kier alpha value is -3.84. The number of aliphatic hydroxyl groups excluding tert-OH is 1. The quantitative estimate of drug-likeness (QED) is 0.546. The number of pyridine rings is 2. The van der Waals surface area contributed by atoms with Crippen LogP contribution in [-0.4, -0.2) is 76.1 Å². The van der Waals surface area contributed by atoms with Gasteiger partial charge in [-0.2, -0.15) is 10.4 Å². The maximum absolute atomic E-state index is 12.2. The van der Waals surface area contributed by atoms with E-state index in [1.807, 2.05) is 43.1 Å². The van der Waals surface area contributed by atoms with Gasteiger partial charge in [0.15, 0.2) is 0 Å². The Morgan fingerprint density at radius 1 is 1.28 bits per heavy atom. The molecule has 0 aliphatic carbocycles. The Balaban J connectivity index is 1.29. The Morgan fingerprint density at radius 3 is 2.69 bits per heavy atom. The van der Waals surface area contributed by atoms with Crippen LogP contribution >= 0.6 is 0 Å². The normalized spacial score (nSPS) is 16.8. The highest BCUT2D eigenvalue weighted by molar-refractivity contribution is 5.85. The second-order valence-electron chi connectivity index (χ2n) is 9.98. The van der Waals surface area contributed by atoms with Crippen molar-refractivity contribution in [3.8, 4) is 22.9 Å². The van der Waals surface area contributed by atoms with Crippen LogP contribution in [0.4, 0.5) is 10.6 Å². The van der Waals surface area contributed by atoms with Crippen LogP contribution in [0.1, 0.15) is 32.3 Å². The molecule has 5 heterocycles. The number of urea groups is 1. The Morgan fingerprint density at radius 2 is 2.06 bits per heavy atom. The molecule has 3 aromatic rings. The summed E-state index contributed by atoms with van der Waals surface area (Å²) in [5, 5.41) is 25.9. The molecule has 2 aliphatic heterocycles. The summed E-state index contributed by atoms with van der Waals surface area (Å²) in [6.45, 7) is 7.49. The van der Waals surface area contributed by atoms with Crippen molar-refractivity contribution < 1.29 is 14.6 Å². The van der Waals surface area contributed by atoms with E-state index in [4.69, 9.17) is 14.8 Å². The van der Waals surface area contributed by atoms with Crippen LogP contribution in [-0.2, 0) is 0 Å². The van der Waals surface area contributed by atoms with E-state index in [0.717, 1.165) is 56.0 Å². The largest absolute Gasteiger partial charge is 0.490 e. The van der Waals surface area contributed by atoms with Crippen LogP contribution in [0.3, 0.4) is 0 Å². The first kappa shape index (κ1) is 23.9. The molecule has 36 heavy (non-hydrogen) atoms. The summed E-state index contributed by atoms with van der Waals surface area (Å²) in [6, 6.07) is 8.26. The van der Waals surface area contributed by atoms with Crippen LogP contribution in [0.25, 0.3) is 16.6 Å². The third-order valence-electron chi connectivity index (χ3n) is 7.03. The van der Waals surface area contributed by atoms with Crippen molar-refractivity contribution in [3.05, 3.63) is 42.4 Å². The lowest BCUT2D eigenvalue weighted by Gasteiger charge is -2.54. The maximum Gasteiger partial charge on any atom is 0.317 e. The molecule has 0 unspecified atom stereocenters. The Labute approximate surface area is 210 Å². The first-order valence-corrected chi connectivity index (χ1v) is 12.3. The lowest BCUT2D eigenvalue weighted by atomic mass is 9.72. The summed E-state index contributed by atoms with van der Waals surface area (Å²) in [4.78, 5) is 21.2. The topological polar surface area (TPSA) is 119 Å². The minimum absolute atomic E-state index is 0.0352. The number of aromatic nitrogens is 3. The number of nitrogens with zero attached hydrogens (tertiary/aromatic N) is 6. The lowest BCUT2D eigenvalue weighted by molar-refractivity contribution is 0.0106. The molecule has 2 saturated heterocycles. The highest BCUT2D eigenvalue weighted by Gasteiger charge is 2.46. The summed E-state index contributed by atoms with van der Waals surface area (Å²) < 4.78 is 7.24. The fourth-order valence-corrected chi connectivity index (χ4v) is 5.15. The molecule has 188 valence electrons. The van der Waals surface area contributed by atoms with Gasteiger partial charge in [-0.25, -0.2) is 14.3 Å². The molecular weight excluding hydrogens is 458 g/mol. The molecule has 0 aromatic carbocycles. The monoisotopic (exact) mass is 489 g/mol. The number of aliphatic hydroxyl groups is 1. The molecule has 3 aromatic heterocycles. The SMILES string of the molecule is CC(C)NC(=O)N1CC2(CCN(c3ccc(-c4cc(OCCO)cn5ncc(C#N)c45)cn3)CC2)C1. The van der Waals surface area contributed by atoms with Gasteiger partial charge in [-0.05, 0) is 44.9 Å². The Kier molecular flexibility index (Phi) is 6.41. The molecule has 2 amide bonds. The van der Waals surface area contributed by atoms with E-state index < -0.39 is 0 Å². The summed E-state index contributed by atoms with van der Waals surface area (Å²) in [7, 11) is 0. The molecular formula is C26H31N7O3. The van der Waals surface area contributed by atoms with Crippen LogP contribution < -0.4 is 15.0 Å². The molecule has 0 saturated carbocycles. The van der Waals surface area contributed by atoms with Crippen molar-refractivity contribution >= 4 is 17.4 Å². The third-order valence-corrected chi connectivity index (χ3v) is 7.03. The number of hydrogen-bond acceptors (Lipinski definition) is 7. The number of hydrogen-bond donors (Lipinski definition) is 2. The number of carbonyl (C=O) groups excluding carboxylic acids is 1. The minimum atomic E-state index is -0.0908. The molecule has 0 radical (unpaired) electrons. The van der Waals surface area contributed by atoms with Crippen molar-refractivity contribution in [2.45, 2.75) is 32.7 Å². The number of rotatable bonds is 6. The molecule has 0 bridgehead atoms. The third kappa shape index (κ3) is 4.54. The van der Waals surface area contributed by atoms with Crippen molar-refractivity contribution in [3.63, 3.8) is 0 Å². The van der Waals surface area contributed by atoms with E-state index in [1.165, 1.54) is 6.20 Å². The maximum atomic E-state index is 12.2. The average Bonchev–Trinajstić information content (AvgIpc) is 3.28. The second kappa shape index (κ2) is 9.66. The molecule has 1 spiro atoms. The minimum Gasteiger partial charge on any atom is -0.490 e. The fraction of sp³-hybridized carbons (Fsp3) is 0.462. The standard InChI is InChI=1S/C26H31N7O3/c1-18(2)30-25(35)32-16-26(17-32)5-7-31(8-6-26)23-4-3-19(13-28-23)22-11-21(36-10-9-34)15-33-24(22)20(12-27)14-29-33/h3-4,11,13-15,18,34H,5-10,16-17H2,1-2H3,(H,30,35). The zero-order valence-corrected chi connectivity index (χ0v) is 20.6. The van der Waals surface area contributed by atoms with E-state index >= 15 is 0 Å². The number of anilines is 1. The fourth-order valence-electron chi connectivity index (χ4n) is 5.15. The van der Waals surface area contributed by atoms with Gasteiger partial charge in [-0.3, -0.25) is 0 Å². The van der Waals surface area contributed by atoms with Gasteiger partial charge in [0.2, 0.25) is 0 Å². The summed E-state index contributed by atoms with van der Waals surface area (Å²) >= 11 is 0. The van der Waals surface area contributed by atoms with Gasteiger partial charge in [0, 0.05) is 55.0 Å². The van der Waals surface area contributed by atoms with E-state index in [9.17, 15) is 10.1 Å². The van der Waals surface area contributed by atoms with E-state index in [0.29, 0.717) is 16.8 Å². The molecule has 10 nitrogen and oxygen atoms in total. The predicted octanol–water partition coefficient (Wildman–Crippen LogP) is 2.66. The van der Waals surface area contributed by atoms with Crippen LogP contribution in [0.5, 0.6) is 5.75 Å². The zero-order valence-electron chi connectivity index (χ0n) is 20.6. The van der Waals surface area contributed by atoms with Gasteiger partial charge in [-0.15, -0.1) is 0 Å². The van der Waals surface area contributed by atoms with Gasteiger partial charge in [0.05, 0.1) is 30.1 Å². The lowest BCUT2D eigenvalue weighted by Crippen LogP contribution is -2.64. The molecule has 2 aliphatic rings. The number of nitriles is 1. The number of likely N-dealkylation sites (tertiary alicyclic amines) is 1. The number of ether oxygens (including phenoxy) is 1. The summed E-state index contributed by atoms with van der Waals surface area (Å²) in [5.74, 6) is 1.47. The van der Waals surface area contributed by atoms with Crippen molar-refractivity contribution in [1.82, 2.24) is 24.8 Å². The number of nitrogens with one attached hydrogen (secondary N) is 1. The molecule has 2 fully saturated rings. The summed E-state index contributed by atoms with van der Waals surface area (Å²) in [5.41, 5.74) is 3.04. The van der Waals surface area contributed by atoms with E-state index in [1.54, 1.807) is 10.7 Å². The van der Waals surface area contributed by atoms with Gasteiger partial charge < -0.3 is 25.0 Å². The van der Waals surface area contributed by atoms with Crippen molar-refractivity contribution in [1.29, 1.82) is 5.26 Å². The highest BCUT2D eigenvalue weighted by atomic mass is 16.5. The molecule has 10 heteroatoms. The van der Waals surface area contributed by atoms with E-state index in [-0.39, 0.29) is 30.7 Å². The van der Waals surface area contributed by atoms with Gasteiger partial charge >= 0.3 is 6.03 Å². The van der Waals surface area contributed by atoms with Crippen LogP contribution in [0.15, 0.2) is 36.8 Å². The van der Waals surface area contributed by atoms with Gasteiger partial charge in [-0.1, -0.05) is 0 Å². The van der Waals surface area contributed by atoms with Crippen molar-refractivity contribution in [2.24, 2.45) is 5.41 Å². The number of piperidine rings is 1. The number of fused-ring (bicyclic) bond motifs is 1. The van der Waals surface area contributed by atoms with Crippen molar-refractivity contribution in [2.75, 3.05) is 44.3 Å². The molecule has 0 atom stereocenters. The zero-order chi connectivity index (χ0) is 25.3. The highest BCUT2D eigenvalue weighted by Crippen LogP contribution is 2.41. The van der Waals surface area contributed by atoms with Crippen LogP contribution in [0, 0.1) is 16.7 Å². The predicted molar refractivity (Wildman–Crippen MR) is 135 cm³/mol. The van der Waals surface area contributed by atoms with E-state index in [2.05, 4.69) is 21.4 Å². The molecule has 5 rings (SSSR count). The second-order valence-corrected chi connectivity index (χ2v) is 9.98. The number of amides is 2. The smallest absolute Gasteiger partial charge is 0.317 e. The average molecular weight is 490 g/mol. The van der Waals surface area contributed by atoms with Gasteiger partial charge in [0.1, 0.15) is 24.2 Å². The summed E-state index contributed by atoms with van der Waals surface area (Å²) in [6.07, 6.45) is 7.13. The number of carbonyl (C=O) groups is 1. The van der Waals surface area contributed by atoms with Gasteiger partial charge in [0.25, 0.3) is 0 Å². The first-order valence-electron chi connectivity index (χ1n) is 12.3. The van der Waals surface area contributed by atoms with Crippen LogP contribution in [0.2, 0.25) is 0 Å². The Bertz CT molecular complexity index is 1280.